The summed E-state index contributed by atoms with van der Waals surface area (Å²) in [6, 6.07) is 0.427. The SMILES string of the molecule is CNC1CSCC1c1nc(C2(OC)CCCCCC2)no1. The van der Waals surface area contributed by atoms with E-state index in [1.807, 2.05) is 18.8 Å². The minimum Gasteiger partial charge on any atom is -0.370 e. The van der Waals surface area contributed by atoms with Crippen molar-refractivity contribution < 1.29 is 9.26 Å². The van der Waals surface area contributed by atoms with Gasteiger partial charge in [-0.15, -0.1) is 0 Å². The molecule has 1 N–H and O–H groups in total. The molecule has 2 atom stereocenters. The van der Waals surface area contributed by atoms with E-state index in [2.05, 4.69) is 10.5 Å². The van der Waals surface area contributed by atoms with E-state index < -0.39 is 0 Å². The predicted octanol–water partition coefficient (Wildman–Crippen LogP) is 2.68. The number of likely N-dealkylation sites (N-methyl/N-ethyl adjacent to an activating group) is 1. The maximum Gasteiger partial charge on any atom is 0.232 e. The summed E-state index contributed by atoms with van der Waals surface area (Å²) < 4.78 is 11.5. The molecule has 2 unspecified atom stereocenters. The Labute approximate surface area is 130 Å². The quantitative estimate of drug-likeness (QED) is 0.863. The first-order chi connectivity index (χ1) is 10.3. The molecule has 0 bridgehead atoms. The first-order valence-corrected chi connectivity index (χ1v) is 9.09. The Hall–Kier alpha value is -0.590. The lowest BCUT2D eigenvalue weighted by Gasteiger charge is -2.27. The molecule has 1 saturated carbocycles. The van der Waals surface area contributed by atoms with Crippen LogP contribution in [0, 0.1) is 0 Å². The largest absolute Gasteiger partial charge is 0.370 e. The molecule has 3 rings (SSSR count). The highest BCUT2D eigenvalue weighted by molar-refractivity contribution is 7.99. The van der Waals surface area contributed by atoms with Crippen molar-refractivity contribution >= 4 is 11.8 Å². The van der Waals surface area contributed by atoms with Gasteiger partial charge in [-0.3, -0.25) is 0 Å². The van der Waals surface area contributed by atoms with E-state index in [4.69, 9.17) is 14.2 Å². The Morgan fingerprint density at radius 2 is 2.00 bits per heavy atom. The summed E-state index contributed by atoms with van der Waals surface area (Å²) in [5, 5.41) is 7.64. The van der Waals surface area contributed by atoms with Crippen LogP contribution in [0.3, 0.4) is 0 Å². The van der Waals surface area contributed by atoms with Crippen LogP contribution in [0.1, 0.15) is 56.2 Å². The second-order valence-electron chi connectivity index (χ2n) is 6.11. The lowest BCUT2D eigenvalue weighted by atomic mass is 9.93. The van der Waals surface area contributed by atoms with Crippen molar-refractivity contribution in [2.24, 2.45) is 0 Å². The lowest BCUT2D eigenvalue weighted by molar-refractivity contribution is -0.0365. The maximum atomic E-state index is 5.87. The lowest BCUT2D eigenvalue weighted by Crippen LogP contribution is -2.32. The second kappa shape index (κ2) is 6.67. The molecule has 5 nitrogen and oxygen atoms in total. The van der Waals surface area contributed by atoms with Crippen molar-refractivity contribution in [2.75, 3.05) is 25.7 Å². The molecule has 2 aliphatic rings. The number of hydrogen-bond donors (Lipinski definition) is 1. The fourth-order valence-electron chi connectivity index (χ4n) is 3.47. The number of nitrogens with zero attached hydrogens (tertiary/aromatic N) is 2. The van der Waals surface area contributed by atoms with Crippen molar-refractivity contribution in [3.8, 4) is 0 Å². The monoisotopic (exact) mass is 311 g/mol. The minimum absolute atomic E-state index is 0.320. The number of rotatable bonds is 4. The van der Waals surface area contributed by atoms with Crippen molar-refractivity contribution in [1.29, 1.82) is 0 Å². The summed E-state index contributed by atoms with van der Waals surface area (Å²) in [6.07, 6.45) is 6.90. The van der Waals surface area contributed by atoms with Crippen LogP contribution >= 0.6 is 11.8 Å². The summed E-state index contributed by atoms with van der Waals surface area (Å²) >= 11 is 1.94. The third-order valence-corrected chi connectivity index (χ3v) is 6.11. The van der Waals surface area contributed by atoms with Crippen LogP contribution in [-0.4, -0.2) is 41.8 Å². The van der Waals surface area contributed by atoms with Gasteiger partial charge in [-0.1, -0.05) is 30.8 Å². The molecule has 1 aromatic heterocycles. The molecule has 118 valence electrons. The van der Waals surface area contributed by atoms with Gasteiger partial charge in [0.05, 0.1) is 5.92 Å². The van der Waals surface area contributed by atoms with Crippen LogP contribution in [0.2, 0.25) is 0 Å². The molecule has 0 aromatic carbocycles. The molecule has 6 heteroatoms. The third kappa shape index (κ3) is 2.98. The third-order valence-electron chi connectivity index (χ3n) is 4.92. The first-order valence-electron chi connectivity index (χ1n) is 7.93. The first kappa shape index (κ1) is 15.3. The van der Waals surface area contributed by atoms with Gasteiger partial charge in [-0.05, 0) is 19.9 Å². The normalized spacial score (nSPS) is 29.4. The zero-order chi connectivity index (χ0) is 14.7. The van der Waals surface area contributed by atoms with E-state index >= 15 is 0 Å². The van der Waals surface area contributed by atoms with Gasteiger partial charge >= 0.3 is 0 Å². The highest BCUT2D eigenvalue weighted by Gasteiger charge is 2.39. The molecule has 1 aromatic rings. The summed E-state index contributed by atoms with van der Waals surface area (Å²) in [7, 11) is 3.78. The summed E-state index contributed by atoms with van der Waals surface area (Å²) in [6.45, 7) is 0. The van der Waals surface area contributed by atoms with Gasteiger partial charge in [0.15, 0.2) is 0 Å². The van der Waals surface area contributed by atoms with Crippen LogP contribution in [0.5, 0.6) is 0 Å². The Balaban J connectivity index is 1.82. The summed E-state index contributed by atoms with van der Waals surface area (Å²) in [4.78, 5) is 4.74. The zero-order valence-electron chi connectivity index (χ0n) is 12.9. The van der Waals surface area contributed by atoms with Crippen molar-refractivity contribution in [1.82, 2.24) is 15.5 Å². The number of thioether (sulfide) groups is 1. The average molecular weight is 311 g/mol. The van der Waals surface area contributed by atoms with Crippen LogP contribution in [0.15, 0.2) is 4.52 Å². The fraction of sp³-hybridized carbons (Fsp3) is 0.867. The van der Waals surface area contributed by atoms with Gasteiger partial charge in [0.25, 0.3) is 0 Å². The summed E-state index contributed by atoms with van der Waals surface area (Å²) in [5.74, 6) is 4.01. The van der Waals surface area contributed by atoms with Crippen LogP contribution in [0.25, 0.3) is 0 Å². The Kier molecular flexibility index (Phi) is 4.86. The molecule has 2 heterocycles. The van der Waals surface area contributed by atoms with Crippen LogP contribution in [0.4, 0.5) is 0 Å². The highest BCUT2D eigenvalue weighted by Crippen LogP contribution is 2.39. The number of aromatic nitrogens is 2. The van der Waals surface area contributed by atoms with E-state index in [-0.39, 0.29) is 5.60 Å². The van der Waals surface area contributed by atoms with Crippen molar-refractivity contribution in [3.63, 3.8) is 0 Å². The zero-order valence-corrected chi connectivity index (χ0v) is 13.7. The second-order valence-corrected chi connectivity index (χ2v) is 7.18. The average Bonchev–Trinajstić information content (AvgIpc) is 3.11. The Morgan fingerprint density at radius 1 is 1.24 bits per heavy atom. The standard InChI is InChI=1S/C15H25N3O2S/c1-16-12-10-21-9-11(12)13-17-14(18-20-13)15(19-2)7-5-3-4-6-8-15/h11-12,16H,3-10H2,1-2H3. The van der Waals surface area contributed by atoms with Gasteiger partial charge in [-0.25, -0.2) is 0 Å². The molecule has 1 aliphatic carbocycles. The molecule has 2 fully saturated rings. The van der Waals surface area contributed by atoms with Gasteiger partial charge in [0.2, 0.25) is 11.7 Å². The Bertz CT molecular complexity index is 458. The highest BCUT2D eigenvalue weighted by atomic mass is 32.2. The summed E-state index contributed by atoms with van der Waals surface area (Å²) in [5.41, 5.74) is -0.334. The van der Waals surface area contributed by atoms with Gasteiger partial charge in [-0.2, -0.15) is 16.7 Å². The maximum absolute atomic E-state index is 5.87. The molecule has 1 aliphatic heterocycles. The number of hydrogen-bond acceptors (Lipinski definition) is 6. The molecular formula is C15H25N3O2S. The molecule has 0 radical (unpaired) electrons. The molecule has 0 amide bonds. The van der Waals surface area contributed by atoms with Crippen LogP contribution < -0.4 is 5.32 Å². The fourth-order valence-corrected chi connectivity index (χ4v) is 4.89. The van der Waals surface area contributed by atoms with Gasteiger partial charge in [0, 0.05) is 24.7 Å². The predicted molar refractivity (Wildman–Crippen MR) is 83.6 cm³/mol. The van der Waals surface area contributed by atoms with E-state index in [9.17, 15) is 0 Å². The number of nitrogens with one attached hydrogen (secondary N) is 1. The van der Waals surface area contributed by atoms with Gasteiger partial charge in [0.1, 0.15) is 5.60 Å². The van der Waals surface area contributed by atoms with Crippen molar-refractivity contribution in [3.05, 3.63) is 11.7 Å². The van der Waals surface area contributed by atoms with E-state index in [1.165, 1.54) is 25.7 Å². The number of ether oxygens (including phenoxy) is 1. The van der Waals surface area contributed by atoms with E-state index in [1.54, 1.807) is 7.11 Å². The molecule has 1 saturated heterocycles. The van der Waals surface area contributed by atoms with Crippen LogP contribution in [-0.2, 0) is 10.3 Å². The number of methoxy groups -OCH3 is 1. The minimum atomic E-state index is -0.334. The Morgan fingerprint density at radius 3 is 2.67 bits per heavy atom. The van der Waals surface area contributed by atoms with E-state index in [0.717, 1.165) is 36.1 Å². The molecule has 21 heavy (non-hydrogen) atoms. The smallest absolute Gasteiger partial charge is 0.232 e. The van der Waals surface area contributed by atoms with Gasteiger partial charge < -0.3 is 14.6 Å². The van der Waals surface area contributed by atoms with Crippen molar-refractivity contribution in [2.45, 2.75) is 56.1 Å². The molecular weight excluding hydrogens is 286 g/mol. The van der Waals surface area contributed by atoms with E-state index in [0.29, 0.717) is 12.0 Å². The topological polar surface area (TPSA) is 60.2 Å². The molecule has 0 spiro atoms.